The molecule has 0 atom stereocenters. The molecule has 0 N–H and O–H groups in total. The van der Waals surface area contributed by atoms with Crippen molar-refractivity contribution in [2.75, 3.05) is 0 Å². The maximum absolute atomic E-state index is 12.3. The lowest BCUT2D eigenvalue weighted by Gasteiger charge is -2.32. The number of aliphatic imine (C=N–C) groups is 1. The number of rotatable bonds is 0. The molecule has 0 unspecified atom stereocenters. The molecule has 0 saturated carbocycles. The van der Waals surface area contributed by atoms with E-state index in [0.717, 1.165) is 18.7 Å². The number of benzene rings is 1. The van der Waals surface area contributed by atoms with E-state index in [0.29, 0.717) is 0 Å². The first kappa shape index (κ1) is 9.83. The molecule has 1 spiro atoms. The van der Waals surface area contributed by atoms with Crippen LogP contribution < -0.4 is 0 Å². The van der Waals surface area contributed by atoms with Gasteiger partial charge in [-0.1, -0.05) is 30.3 Å². The summed E-state index contributed by atoms with van der Waals surface area (Å²) in [5.41, 5.74) is 2.04. The Bertz CT molecular complexity index is 615. The summed E-state index contributed by atoms with van der Waals surface area (Å²) in [5, 5.41) is 0. The molecular weight excluding hydrogens is 224 g/mol. The van der Waals surface area contributed by atoms with Crippen LogP contribution in [0.2, 0.25) is 0 Å². The molecule has 0 aromatic heterocycles. The van der Waals surface area contributed by atoms with Gasteiger partial charge in [0.25, 0.3) is 5.91 Å². The van der Waals surface area contributed by atoms with Crippen LogP contribution in [0.15, 0.2) is 53.7 Å². The Morgan fingerprint density at radius 1 is 1.11 bits per heavy atom. The van der Waals surface area contributed by atoms with Crippen molar-refractivity contribution in [3.05, 3.63) is 59.8 Å². The summed E-state index contributed by atoms with van der Waals surface area (Å²) >= 11 is 0. The first-order valence-corrected chi connectivity index (χ1v) is 6.14. The number of hydrogen-bond donors (Lipinski definition) is 0. The van der Waals surface area contributed by atoms with Crippen molar-refractivity contribution >= 4 is 11.7 Å². The van der Waals surface area contributed by atoms with Gasteiger partial charge in [-0.2, -0.15) is 4.99 Å². The van der Waals surface area contributed by atoms with Gasteiger partial charge >= 0.3 is 0 Å². The Labute approximate surface area is 105 Å². The molecule has 1 aromatic rings. The van der Waals surface area contributed by atoms with Crippen LogP contribution in [0.5, 0.6) is 0 Å². The van der Waals surface area contributed by atoms with Crippen LogP contribution in [-0.4, -0.2) is 22.2 Å². The summed E-state index contributed by atoms with van der Waals surface area (Å²) < 4.78 is 0. The van der Waals surface area contributed by atoms with Crippen LogP contribution >= 0.6 is 0 Å². The predicted molar refractivity (Wildman–Crippen MR) is 69.1 cm³/mol. The molecular formula is C15H12N2O. The maximum atomic E-state index is 12.3. The van der Waals surface area contributed by atoms with Gasteiger partial charge in [0, 0.05) is 19.0 Å². The lowest BCUT2D eigenvalue weighted by molar-refractivity contribution is -0.124. The number of carbonyl (C=O) groups excluding carboxylic acids is 1. The molecule has 1 aliphatic carbocycles. The van der Waals surface area contributed by atoms with Crippen LogP contribution in [0.3, 0.4) is 0 Å². The Hall–Kier alpha value is -2.16. The fraction of sp³-hybridized carbons (Fsp3) is 0.200. The number of nitrogens with zero attached hydrogens (tertiary/aromatic N) is 2. The second-order valence-electron chi connectivity index (χ2n) is 5.00. The van der Waals surface area contributed by atoms with E-state index in [2.05, 4.69) is 17.1 Å². The molecule has 3 nitrogen and oxygen atoms in total. The summed E-state index contributed by atoms with van der Waals surface area (Å²) in [6.45, 7) is 0. The fourth-order valence-electron chi connectivity index (χ4n) is 3.11. The first-order valence-electron chi connectivity index (χ1n) is 6.14. The highest BCUT2D eigenvalue weighted by molar-refractivity contribution is 6.12. The van der Waals surface area contributed by atoms with Gasteiger partial charge in [0.1, 0.15) is 11.4 Å². The molecule has 3 heteroatoms. The van der Waals surface area contributed by atoms with Crippen molar-refractivity contribution in [3.63, 3.8) is 0 Å². The number of amidine groups is 1. The molecule has 4 rings (SSSR count). The van der Waals surface area contributed by atoms with Crippen molar-refractivity contribution in [2.45, 2.75) is 18.4 Å². The minimum absolute atomic E-state index is 0.00935. The third-order valence-corrected chi connectivity index (χ3v) is 4.00. The van der Waals surface area contributed by atoms with Crippen molar-refractivity contribution in [2.24, 2.45) is 4.99 Å². The normalized spacial score (nSPS) is 22.3. The van der Waals surface area contributed by atoms with E-state index in [1.165, 1.54) is 11.1 Å². The average Bonchev–Trinajstić information content (AvgIpc) is 2.90. The van der Waals surface area contributed by atoms with Crippen molar-refractivity contribution in [1.29, 1.82) is 0 Å². The van der Waals surface area contributed by atoms with Crippen LogP contribution in [0.4, 0.5) is 0 Å². The minimum atomic E-state index is -0.500. The van der Waals surface area contributed by atoms with E-state index < -0.39 is 5.54 Å². The Morgan fingerprint density at radius 3 is 2.56 bits per heavy atom. The summed E-state index contributed by atoms with van der Waals surface area (Å²) in [6.07, 6.45) is 9.26. The van der Waals surface area contributed by atoms with Crippen molar-refractivity contribution in [3.8, 4) is 0 Å². The average molecular weight is 236 g/mol. The maximum Gasteiger partial charge on any atom is 0.274 e. The zero-order valence-electron chi connectivity index (χ0n) is 9.84. The van der Waals surface area contributed by atoms with E-state index in [-0.39, 0.29) is 5.91 Å². The first-order chi connectivity index (χ1) is 8.79. The van der Waals surface area contributed by atoms with Gasteiger partial charge in [0.2, 0.25) is 0 Å². The Morgan fingerprint density at radius 2 is 1.83 bits per heavy atom. The third-order valence-electron chi connectivity index (χ3n) is 4.00. The number of amides is 1. The van der Waals surface area contributed by atoms with Gasteiger partial charge in [-0.05, 0) is 23.3 Å². The number of hydrogen-bond acceptors (Lipinski definition) is 2. The molecule has 2 heterocycles. The zero-order chi connectivity index (χ0) is 12.2. The molecule has 18 heavy (non-hydrogen) atoms. The van der Waals surface area contributed by atoms with Crippen LogP contribution in [0.1, 0.15) is 11.1 Å². The van der Waals surface area contributed by atoms with Gasteiger partial charge in [0.15, 0.2) is 0 Å². The highest BCUT2D eigenvalue weighted by Crippen LogP contribution is 2.39. The Balaban J connectivity index is 1.82. The van der Waals surface area contributed by atoms with E-state index >= 15 is 0 Å². The second kappa shape index (κ2) is 3.19. The summed E-state index contributed by atoms with van der Waals surface area (Å²) in [5.74, 6) is 0.764. The molecule has 3 aliphatic rings. The van der Waals surface area contributed by atoms with Crippen molar-refractivity contribution < 1.29 is 4.79 Å². The molecule has 0 bridgehead atoms. The molecule has 0 radical (unpaired) electrons. The van der Waals surface area contributed by atoms with E-state index in [4.69, 9.17) is 0 Å². The van der Waals surface area contributed by atoms with E-state index in [1.54, 1.807) is 0 Å². The summed E-state index contributed by atoms with van der Waals surface area (Å²) in [7, 11) is 0. The lowest BCUT2D eigenvalue weighted by Crippen LogP contribution is -2.49. The van der Waals surface area contributed by atoms with Gasteiger partial charge in [-0.25, -0.2) is 0 Å². The molecule has 0 saturated heterocycles. The largest absolute Gasteiger partial charge is 0.317 e. The number of fused-ring (bicyclic) bond motifs is 3. The predicted octanol–water partition coefficient (Wildman–Crippen LogP) is 1.85. The highest BCUT2D eigenvalue weighted by atomic mass is 16.2. The quantitative estimate of drug-likeness (QED) is 0.688. The van der Waals surface area contributed by atoms with Crippen molar-refractivity contribution in [1.82, 2.24) is 4.90 Å². The van der Waals surface area contributed by atoms with Gasteiger partial charge in [0.05, 0.1) is 0 Å². The molecule has 2 aliphatic heterocycles. The molecule has 1 amide bonds. The van der Waals surface area contributed by atoms with Gasteiger partial charge < -0.3 is 4.90 Å². The number of carbonyl (C=O) groups is 1. The lowest BCUT2D eigenvalue weighted by atomic mass is 9.93. The van der Waals surface area contributed by atoms with Crippen LogP contribution in [0.25, 0.3) is 0 Å². The topological polar surface area (TPSA) is 32.7 Å². The third kappa shape index (κ3) is 1.09. The van der Waals surface area contributed by atoms with Crippen LogP contribution in [0, 0.1) is 0 Å². The summed E-state index contributed by atoms with van der Waals surface area (Å²) in [6, 6.07) is 8.29. The second-order valence-corrected chi connectivity index (χ2v) is 5.00. The standard InChI is InChI=1S/C15H12N2O/c18-14-15(17-8-4-3-7-13(17)16-14)9-11-5-1-2-6-12(11)10-15/h1-8H,9-10H2. The SMILES string of the molecule is O=C1N=C2C=CC=CN2C12Cc1ccccc1C2. The number of allylic oxidation sites excluding steroid dienone is 2. The summed E-state index contributed by atoms with van der Waals surface area (Å²) in [4.78, 5) is 18.6. The monoisotopic (exact) mass is 236 g/mol. The van der Waals surface area contributed by atoms with Gasteiger partial charge in [-0.3, -0.25) is 4.79 Å². The molecule has 1 aromatic carbocycles. The highest BCUT2D eigenvalue weighted by Gasteiger charge is 2.52. The fourth-order valence-corrected chi connectivity index (χ4v) is 3.11. The van der Waals surface area contributed by atoms with Gasteiger partial charge in [-0.15, -0.1) is 0 Å². The minimum Gasteiger partial charge on any atom is -0.317 e. The Kier molecular flexibility index (Phi) is 1.74. The smallest absolute Gasteiger partial charge is 0.274 e. The van der Waals surface area contributed by atoms with E-state index in [1.807, 2.05) is 41.5 Å². The van der Waals surface area contributed by atoms with Crippen LogP contribution in [-0.2, 0) is 17.6 Å². The zero-order valence-corrected chi connectivity index (χ0v) is 9.84. The molecule has 0 fully saturated rings. The molecule has 88 valence electrons. The van der Waals surface area contributed by atoms with E-state index in [9.17, 15) is 4.79 Å².